The summed E-state index contributed by atoms with van der Waals surface area (Å²) in [4.78, 5) is 22.2. The predicted octanol–water partition coefficient (Wildman–Crippen LogP) is 1.80. The van der Waals surface area contributed by atoms with Crippen molar-refractivity contribution in [3.8, 4) is 0 Å². The zero-order valence-electron chi connectivity index (χ0n) is 11.1. The van der Waals surface area contributed by atoms with Crippen LogP contribution in [0.1, 0.15) is 43.6 Å². The van der Waals surface area contributed by atoms with Crippen molar-refractivity contribution >= 4 is 23.4 Å². The van der Waals surface area contributed by atoms with Crippen LogP contribution in [-0.4, -0.2) is 33.1 Å². The molecule has 0 radical (unpaired) electrons. The minimum Gasteiger partial charge on any atom is -0.481 e. The van der Waals surface area contributed by atoms with E-state index < -0.39 is 5.97 Å². The monoisotopic (exact) mass is 285 g/mol. The third kappa shape index (κ3) is 5.78. The maximum Gasteiger partial charge on any atom is 0.303 e. The molecule has 0 aliphatic rings. The molecule has 1 rings (SSSR count). The number of aliphatic carboxylic acids is 1. The smallest absolute Gasteiger partial charge is 0.303 e. The molecule has 0 aliphatic heterocycles. The normalized spacial score (nSPS) is 12.4. The fraction of sp³-hybridized carbons (Fsp3) is 0.667. The van der Waals surface area contributed by atoms with Crippen molar-refractivity contribution in [2.45, 2.75) is 33.1 Å². The third-order valence-electron chi connectivity index (χ3n) is 3.07. The van der Waals surface area contributed by atoms with Crippen molar-refractivity contribution in [2.24, 2.45) is 11.8 Å². The van der Waals surface area contributed by atoms with Crippen LogP contribution in [0.5, 0.6) is 0 Å². The van der Waals surface area contributed by atoms with E-state index in [2.05, 4.69) is 28.8 Å². The summed E-state index contributed by atoms with van der Waals surface area (Å²) in [6.07, 6.45) is 1.59. The van der Waals surface area contributed by atoms with Gasteiger partial charge in [-0.3, -0.25) is 9.59 Å². The van der Waals surface area contributed by atoms with Gasteiger partial charge in [-0.2, -0.15) is 0 Å². The Morgan fingerprint density at radius 2 is 2.16 bits per heavy atom. The number of rotatable bonds is 8. The lowest BCUT2D eigenvalue weighted by atomic mass is 9.88. The average Bonchev–Trinajstić information content (AvgIpc) is 2.86. The van der Waals surface area contributed by atoms with Gasteiger partial charge in [0, 0.05) is 18.3 Å². The van der Waals surface area contributed by atoms with Crippen LogP contribution in [0.15, 0.2) is 5.38 Å². The number of hydrogen-bond acceptors (Lipinski definition) is 5. The van der Waals surface area contributed by atoms with Crippen LogP contribution >= 0.6 is 11.5 Å². The highest BCUT2D eigenvalue weighted by Gasteiger charge is 2.16. The number of aromatic nitrogens is 2. The highest BCUT2D eigenvalue weighted by Crippen LogP contribution is 2.20. The molecule has 0 spiro atoms. The van der Waals surface area contributed by atoms with Crippen molar-refractivity contribution in [2.75, 3.05) is 6.54 Å². The van der Waals surface area contributed by atoms with Gasteiger partial charge in [0.15, 0.2) is 5.69 Å². The van der Waals surface area contributed by atoms with Gasteiger partial charge in [-0.05, 0) is 36.2 Å². The second-order valence-electron chi connectivity index (χ2n) is 4.77. The quantitative estimate of drug-likeness (QED) is 0.759. The molecule has 19 heavy (non-hydrogen) atoms. The topological polar surface area (TPSA) is 92.2 Å². The molecule has 0 aromatic carbocycles. The summed E-state index contributed by atoms with van der Waals surface area (Å²) in [5.41, 5.74) is 0.330. The molecule has 1 aromatic rings. The fourth-order valence-electron chi connectivity index (χ4n) is 1.85. The SMILES string of the molecule is CC(C)C(CCNC(=O)c1csnn1)CCC(=O)O. The molecule has 0 saturated heterocycles. The van der Waals surface area contributed by atoms with Crippen LogP contribution in [0.3, 0.4) is 0 Å². The maximum atomic E-state index is 11.6. The molecule has 7 heteroatoms. The van der Waals surface area contributed by atoms with Gasteiger partial charge in [-0.15, -0.1) is 5.10 Å². The van der Waals surface area contributed by atoms with Crippen molar-refractivity contribution in [1.29, 1.82) is 0 Å². The zero-order valence-corrected chi connectivity index (χ0v) is 11.9. The van der Waals surface area contributed by atoms with Gasteiger partial charge in [0.1, 0.15) is 0 Å². The summed E-state index contributed by atoms with van der Waals surface area (Å²) < 4.78 is 3.63. The summed E-state index contributed by atoms with van der Waals surface area (Å²) in [7, 11) is 0. The Bertz CT molecular complexity index is 406. The Morgan fingerprint density at radius 3 is 2.68 bits per heavy atom. The van der Waals surface area contributed by atoms with Crippen molar-refractivity contribution < 1.29 is 14.7 Å². The third-order valence-corrected chi connectivity index (χ3v) is 3.57. The summed E-state index contributed by atoms with van der Waals surface area (Å²) in [6, 6.07) is 0. The fourth-order valence-corrected chi connectivity index (χ4v) is 2.28. The molecular formula is C12H19N3O3S. The second kappa shape index (κ2) is 7.83. The van der Waals surface area contributed by atoms with Gasteiger partial charge in [0.25, 0.3) is 5.91 Å². The number of nitrogens with one attached hydrogen (secondary N) is 1. The maximum absolute atomic E-state index is 11.6. The van der Waals surface area contributed by atoms with E-state index in [0.29, 0.717) is 30.5 Å². The number of carbonyl (C=O) groups is 2. The molecule has 1 atom stereocenters. The van der Waals surface area contributed by atoms with E-state index in [4.69, 9.17) is 5.11 Å². The van der Waals surface area contributed by atoms with Gasteiger partial charge in [-0.1, -0.05) is 18.3 Å². The number of nitrogens with zero attached hydrogens (tertiary/aromatic N) is 2. The van der Waals surface area contributed by atoms with E-state index in [9.17, 15) is 9.59 Å². The van der Waals surface area contributed by atoms with E-state index in [1.165, 1.54) is 0 Å². The Morgan fingerprint density at radius 1 is 1.42 bits per heavy atom. The molecule has 6 nitrogen and oxygen atoms in total. The van der Waals surface area contributed by atoms with Gasteiger partial charge in [-0.25, -0.2) is 0 Å². The lowest BCUT2D eigenvalue weighted by Gasteiger charge is -2.20. The van der Waals surface area contributed by atoms with Crippen LogP contribution in [0.25, 0.3) is 0 Å². The summed E-state index contributed by atoms with van der Waals surface area (Å²) >= 11 is 1.14. The lowest BCUT2D eigenvalue weighted by Crippen LogP contribution is -2.27. The molecule has 1 heterocycles. The lowest BCUT2D eigenvalue weighted by molar-refractivity contribution is -0.137. The minimum atomic E-state index is -0.775. The Hall–Kier alpha value is -1.50. The first-order chi connectivity index (χ1) is 9.00. The number of carboxylic acids is 1. The average molecular weight is 285 g/mol. The molecular weight excluding hydrogens is 266 g/mol. The van der Waals surface area contributed by atoms with Crippen molar-refractivity contribution in [1.82, 2.24) is 14.9 Å². The summed E-state index contributed by atoms with van der Waals surface area (Å²) in [6.45, 7) is 4.66. The Labute approximate surface area is 116 Å². The van der Waals surface area contributed by atoms with E-state index >= 15 is 0 Å². The first-order valence-electron chi connectivity index (χ1n) is 6.27. The van der Waals surface area contributed by atoms with Gasteiger partial charge in [0.2, 0.25) is 0 Å². The number of amides is 1. The van der Waals surface area contributed by atoms with Gasteiger partial charge in [0.05, 0.1) is 0 Å². The van der Waals surface area contributed by atoms with E-state index in [0.717, 1.165) is 18.0 Å². The van der Waals surface area contributed by atoms with E-state index in [-0.39, 0.29) is 12.3 Å². The standard InChI is InChI=1S/C12H19N3O3S/c1-8(2)9(3-4-11(16)17)5-6-13-12(18)10-7-19-15-14-10/h7-9H,3-6H2,1-2H3,(H,13,18)(H,16,17). The molecule has 2 N–H and O–H groups in total. The van der Waals surface area contributed by atoms with Crippen LogP contribution in [0.2, 0.25) is 0 Å². The van der Waals surface area contributed by atoms with E-state index in [1.807, 2.05) is 0 Å². The van der Waals surface area contributed by atoms with Crippen LogP contribution in [0, 0.1) is 11.8 Å². The zero-order chi connectivity index (χ0) is 14.3. The first-order valence-corrected chi connectivity index (χ1v) is 7.11. The molecule has 1 unspecified atom stereocenters. The minimum absolute atomic E-state index is 0.173. The highest BCUT2D eigenvalue weighted by atomic mass is 32.1. The van der Waals surface area contributed by atoms with Crippen LogP contribution in [-0.2, 0) is 4.79 Å². The van der Waals surface area contributed by atoms with Crippen LogP contribution < -0.4 is 5.32 Å². The number of hydrogen-bond donors (Lipinski definition) is 2. The molecule has 1 aromatic heterocycles. The van der Waals surface area contributed by atoms with Crippen LogP contribution in [0.4, 0.5) is 0 Å². The second-order valence-corrected chi connectivity index (χ2v) is 5.38. The molecule has 0 saturated carbocycles. The number of carboxylic acid groups (broad SMARTS) is 1. The molecule has 1 amide bonds. The van der Waals surface area contributed by atoms with Gasteiger partial charge >= 0.3 is 5.97 Å². The summed E-state index contributed by atoms with van der Waals surface area (Å²) in [5, 5.41) is 16.8. The summed E-state index contributed by atoms with van der Waals surface area (Å²) in [5.74, 6) is -0.306. The Balaban J connectivity index is 2.32. The molecule has 0 fully saturated rings. The number of carbonyl (C=O) groups excluding carboxylic acids is 1. The van der Waals surface area contributed by atoms with Gasteiger partial charge < -0.3 is 10.4 Å². The Kier molecular flexibility index (Phi) is 6.41. The first kappa shape index (κ1) is 15.6. The van der Waals surface area contributed by atoms with Crippen molar-refractivity contribution in [3.05, 3.63) is 11.1 Å². The highest BCUT2D eigenvalue weighted by molar-refractivity contribution is 7.03. The predicted molar refractivity (Wildman–Crippen MR) is 72.1 cm³/mol. The molecule has 0 bridgehead atoms. The van der Waals surface area contributed by atoms with E-state index in [1.54, 1.807) is 5.38 Å². The largest absolute Gasteiger partial charge is 0.481 e. The molecule has 0 aliphatic carbocycles. The molecule has 106 valence electrons. The van der Waals surface area contributed by atoms with Crippen molar-refractivity contribution in [3.63, 3.8) is 0 Å².